The van der Waals surface area contributed by atoms with E-state index in [4.69, 9.17) is 0 Å². The molecule has 0 aliphatic carbocycles. The van der Waals surface area contributed by atoms with Gasteiger partial charge in [0.1, 0.15) is 6.54 Å². The minimum absolute atomic E-state index is 0.0207. The van der Waals surface area contributed by atoms with Crippen molar-refractivity contribution in [2.45, 2.75) is 20.4 Å². The van der Waals surface area contributed by atoms with Crippen LogP contribution in [0.25, 0.3) is 11.4 Å². The summed E-state index contributed by atoms with van der Waals surface area (Å²) in [5, 5.41) is 15.0. The van der Waals surface area contributed by atoms with Crippen LogP contribution >= 0.6 is 0 Å². The summed E-state index contributed by atoms with van der Waals surface area (Å²) >= 11 is 0. The number of aromatic nitrogens is 4. The van der Waals surface area contributed by atoms with E-state index >= 15 is 0 Å². The fourth-order valence-electron chi connectivity index (χ4n) is 2.39. The summed E-state index contributed by atoms with van der Waals surface area (Å²) < 4.78 is 0. The first-order valence-corrected chi connectivity index (χ1v) is 7.31. The lowest BCUT2D eigenvalue weighted by Crippen LogP contribution is -2.20. The monoisotopic (exact) mass is 307 g/mol. The average molecular weight is 307 g/mol. The molecule has 0 fully saturated rings. The number of hydrogen-bond acceptors (Lipinski definition) is 4. The summed E-state index contributed by atoms with van der Waals surface area (Å²) in [6, 6.07) is 15.4. The van der Waals surface area contributed by atoms with Crippen LogP contribution in [0.5, 0.6) is 0 Å². The van der Waals surface area contributed by atoms with Crippen LogP contribution in [0.15, 0.2) is 48.5 Å². The Morgan fingerprint density at radius 2 is 1.78 bits per heavy atom. The molecule has 3 rings (SSSR count). The van der Waals surface area contributed by atoms with Crippen LogP contribution in [-0.2, 0) is 11.3 Å². The molecule has 116 valence electrons. The summed E-state index contributed by atoms with van der Waals surface area (Å²) in [6.07, 6.45) is 0. The Morgan fingerprint density at radius 3 is 2.48 bits per heavy atom. The first-order valence-electron chi connectivity index (χ1n) is 7.31. The standard InChI is InChI=1S/C17H17N5O/c1-12-8-13(2)10-15(9-12)18-16(23)11-22-20-17(19-21-22)14-6-4-3-5-7-14/h3-10H,11H2,1-2H3,(H,18,23). The third-order valence-corrected chi connectivity index (χ3v) is 3.28. The highest BCUT2D eigenvalue weighted by molar-refractivity contribution is 5.90. The summed E-state index contributed by atoms with van der Waals surface area (Å²) in [5.74, 6) is 0.316. The van der Waals surface area contributed by atoms with Crippen LogP contribution in [0.1, 0.15) is 11.1 Å². The molecular weight excluding hydrogens is 290 g/mol. The second kappa shape index (κ2) is 6.39. The SMILES string of the molecule is Cc1cc(C)cc(NC(=O)Cn2nnc(-c3ccccc3)n2)c1. The highest BCUT2D eigenvalue weighted by Gasteiger charge is 2.09. The smallest absolute Gasteiger partial charge is 0.248 e. The van der Waals surface area contributed by atoms with Gasteiger partial charge in [-0.2, -0.15) is 4.80 Å². The number of nitrogens with zero attached hydrogens (tertiary/aromatic N) is 4. The van der Waals surface area contributed by atoms with Crippen molar-refractivity contribution < 1.29 is 4.79 Å². The van der Waals surface area contributed by atoms with Crippen molar-refractivity contribution in [2.75, 3.05) is 5.32 Å². The maximum atomic E-state index is 12.1. The molecule has 0 unspecified atom stereocenters. The third kappa shape index (κ3) is 3.79. The van der Waals surface area contributed by atoms with E-state index in [0.29, 0.717) is 5.82 Å². The predicted octanol–water partition coefficient (Wildman–Crippen LogP) is 2.60. The van der Waals surface area contributed by atoms with Gasteiger partial charge in [0, 0.05) is 11.3 Å². The molecule has 0 bridgehead atoms. The molecule has 1 aromatic heterocycles. The first kappa shape index (κ1) is 14.9. The molecule has 1 N–H and O–H groups in total. The van der Waals surface area contributed by atoms with Crippen LogP contribution in [0.4, 0.5) is 5.69 Å². The Balaban J connectivity index is 1.68. The van der Waals surface area contributed by atoms with Gasteiger partial charge in [-0.15, -0.1) is 10.2 Å². The zero-order valence-corrected chi connectivity index (χ0v) is 13.0. The van der Waals surface area contributed by atoms with Crippen LogP contribution < -0.4 is 5.32 Å². The van der Waals surface area contributed by atoms with Crippen LogP contribution in [0.2, 0.25) is 0 Å². The largest absolute Gasteiger partial charge is 0.324 e. The Bertz CT molecular complexity index is 806. The van der Waals surface area contributed by atoms with Gasteiger partial charge in [0.25, 0.3) is 0 Å². The predicted molar refractivity (Wildman–Crippen MR) is 87.8 cm³/mol. The van der Waals surface area contributed by atoms with Crippen LogP contribution in [0.3, 0.4) is 0 Å². The molecule has 6 heteroatoms. The van der Waals surface area contributed by atoms with Gasteiger partial charge >= 0.3 is 0 Å². The lowest BCUT2D eigenvalue weighted by Gasteiger charge is -2.06. The van der Waals surface area contributed by atoms with Crippen molar-refractivity contribution in [1.82, 2.24) is 20.2 Å². The van der Waals surface area contributed by atoms with Crippen molar-refractivity contribution >= 4 is 11.6 Å². The Kier molecular flexibility index (Phi) is 4.14. The van der Waals surface area contributed by atoms with E-state index in [1.165, 1.54) is 4.80 Å². The van der Waals surface area contributed by atoms with Gasteiger partial charge in [-0.1, -0.05) is 36.4 Å². The number of nitrogens with one attached hydrogen (secondary N) is 1. The second-order valence-electron chi connectivity index (χ2n) is 5.43. The highest BCUT2D eigenvalue weighted by Crippen LogP contribution is 2.14. The maximum absolute atomic E-state index is 12.1. The van der Waals surface area contributed by atoms with Crippen molar-refractivity contribution in [3.05, 3.63) is 59.7 Å². The molecule has 2 aromatic carbocycles. The van der Waals surface area contributed by atoms with Gasteiger partial charge in [-0.25, -0.2) is 0 Å². The summed E-state index contributed by atoms with van der Waals surface area (Å²) in [6.45, 7) is 4.01. The number of anilines is 1. The number of amides is 1. The lowest BCUT2D eigenvalue weighted by atomic mass is 10.1. The van der Waals surface area contributed by atoms with Crippen molar-refractivity contribution in [1.29, 1.82) is 0 Å². The quantitative estimate of drug-likeness (QED) is 0.804. The van der Waals surface area contributed by atoms with Crippen LogP contribution in [-0.4, -0.2) is 26.1 Å². The minimum atomic E-state index is -0.188. The van der Waals surface area contributed by atoms with E-state index in [1.54, 1.807) is 0 Å². The number of aryl methyl sites for hydroxylation is 2. The van der Waals surface area contributed by atoms with Gasteiger partial charge < -0.3 is 5.32 Å². The molecule has 0 spiro atoms. The first-order chi connectivity index (χ1) is 11.1. The molecule has 3 aromatic rings. The Hall–Kier alpha value is -3.02. The molecule has 1 amide bonds. The zero-order chi connectivity index (χ0) is 16.2. The third-order valence-electron chi connectivity index (χ3n) is 3.28. The number of tetrazole rings is 1. The normalized spacial score (nSPS) is 10.5. The van der Waals surface area contributed by atoms with Gasteiger partial charge in [-0.05, 0) is 42.3 Å². The number of carbonyl (C=O) groups excluding carboxylic acids is 1. The molecule has 6 nitrogen and oxygen atoms in total. The Morgan fingerprint density at radius 1 is 1.09 bits per heavy atom. The molecule has 0 saturated carbocycles. The molecule has 1 heterocycles. The van der Waals surface area contributed by atoms with Crippen molar-refractivity contribution in [2.24, 2.45) is 0 Å². The molecular formula is C17H17N5O. The van der Waals surface area contributed by atoms with Crippen molar-refractivity contribution in [3.63, 3.8) is 0 Å². The average Bonchev–Trinajstić information content (AvgIpc) is 2.95. The molecule has 23 heavy (non-hydrogen) atoms. The minimum Gasteiger partial charge on any atom is -0.324 e. The molecule has 0 saturated heterocycles. The maximum Gasteiger partial charge on any atom is 0.248 e. The number of benzene rings is 2. The van der Waals surface area contributed by atoms with E-state index in [1.807, 2.05) is 56.3 Å². The van der Waals surface area contributed by atoms with E-state index in [-0.39, 0.29) is 12.5 Å². The summed E-state index contributed by atoms with van der Waals surface area (Å²) in [4.78, 5) is 13.4. The fraction of sp³-hybridized carbons (Fsp3) is 0.176. The van der Waals surface area contributed by atoms with Gasteiger partial charge in [0.05, 0.1) is 0 Å². The summed E-state index contributed by atoms with van der Waals surface area (Å²) in [5.41, 5.74) is 3.85. The van der Waals surface area contributed by atoms with E-state index in [2.05, 4.69) is 26.8 Å². The number of hydrogen-bond donors (Lipinski definition) is 1. The number of carbonyl (C=O) groups is 1. The highest BCUT2D eigenvalue weighted by atomic mass is 16.2. The van der Waals surface area contributed by atoms with E-state index in [9.17, 15) is 4.79 Å². The lowest BCUT2D eigenvalue weighted by molar-refractivity contribution is -0.117. The summed E-state index contributed by atoms with van der Waals surface area (Å²) in [7, 11) is 0. The Labute approximate surface area is 134 Å². The topological polar surface area (TPSA) is 72.7 Å². The van der Waals surface area contributed by atoms with E-state index < -0.39 is 0 Å². The zero-order valence-electron chi connectivity index (χ0n) is 13.0. The fourth-order valence-corrected chi connectivity index (χ4v) is 2.39. The van der Waals surface area contributed by atoms with Gasteiger partial charge in [0.15, 0.2) is 0 Å². The van der Waals surface area contributed by atoms with Crippen LogP contribution in [0, 0.1) is 13.8 Å². The molecule has 0 aliphatic rings. The van der Waals surface area contributed by atoms with E-state index in [0.717, 1.165) is 22.4 Å². The molecule has 0 radical (unpaired) electrons. The van der Waals surface area contributed by atoms with Gasteiger partial charge in [-0.3, -0.25) is 4.79 Å². The molecule has 0 atom stereocenters. The second-order valence-corrected chi connectivity index (χ2v) is 5.43. The molecule has 0 aliphatic heterocycles. The van der Waals surface area contributed by atoms with Gasteiger partial charge in [0.2, 0.25) is 11.7 Å². The number of rotatable bonds is 4. The van der Waals surface area contributed by atoms with Crippen molar-refractivity contribution in [3.8, 4) is 11.4 Å².